The molecular weight excluding hydrogens is 176 g/mol. The van der Waals surface area contributed by atoms with Crippen LogP contribution in [0.25, 0.3) is 0 Å². The van der Waals surface area contributed by atoms with Crippen molar-refractivity contribution in [2.75, 3.05) is 11.2 Å². The van der Waals surface area contributed by atoms with Gasteiger partial charge in [-0.3, -0.25) is 9.78 Å². The van der Waals surface area contributed by atoms with Gasteiger partial charge in [0.1, 0.15) is 5.88 Å². The summed E-state index contributed by atoms with van der Waals surface area (Å²) in [4.78, 5) is 14.7. The first-order valence-corrected chi connectivity index (χ1v) is 4.04. The van der Waals surface area contributed by atoms with Gasteiger partial charge in [-0.2, -0.15) is 0 Å². The highest BCUT2D eigenvalue weighted by Crippen LogP contribution is 2.10. The lowest BCUT2D eigenvalue weighted by Gasteiger charge is -2.04. The molecule has 1 heterocycles. The highest BCUT2D eigenvalue weighted by molar-refractivity contribution is 6.29. The predicted octanol–water partition coefficient (Wildman–Crippen LogP) is 1.57. The molecule has 0 saturated carbocycles. The molecule has 64 valence electrons. The Morgan fingerprint density at radius 3 is 3.08 bits per heavy atom. The molecule has 0 aliphatic carbocycles. The van der Waals surface area contributed by atoms with Crippen molar-refractivity contribution >= 4 is 23.2 Å². The summed E-state index contributed by atoms with van der Waals surface area (Å²) in [7, 11) is 0. The second kappa shape index (κ2) is 4.07. The number of amides is 1. The number of aromatic nitrogens is 1. The first-order chi connectivity index (χ1) is 5.74. The number of anilines is 1. The van der Waals surface area contributed by atoms with Crippen molar-refractivity contribution in [3.8, 4) is 0 Å². The third-order valence-electron chi connectivity index (χ3n) is 1.43. The summed E-state index contributed by atoms with van der Waals surface area (Å²) >= 11 is 5.32. The monoisotopic (exact) mass is 184 g/mol. The summed E-state index contributed by atoms with van der Waals surface area (Å²) in [5.74, 6) is -0.248. The van der Waals surface area contributed by atoms with Gasteiger partial charge >= 0.3 is 0 Å². The Kier molecular flexibility index (Phi) is 3.05. The van der Waals surface area contributed by atoms with Crippen molar-refractivity contribution < 1.29 is 4.79 Å². The molecule has 0 bridgehead atoms. The van der Waals surface area contributed by atoms with Crippen LogP contribution in [0, 0.1) is 6.92 Å². The van der Waals surface area contributed by atoms with E-state index in [0.717, 1.165) is 5.56 Å². The minimum absolute atomic E-state index is 0.0334. The van der Waals surface area contributed by atoms with Crippen LogP contribution >= 0.6 is 11.6 Å². The quantitative estimate of drug-likeness (QED) is 0.709. The lowest BCUT2D eigenvalue weighted by Crippen LogP contribution is -2.13. The summed E-state index contributed by atoms with van der Waals surface area (Å²) in [6.07, 6.45) is 3.27. The Bertz CT molecular complexity index is 288. The fourth-order valence-corrected chi connectivity index (χ4v) is 0.845. The number of pyridine rings is 1. The minimum atomic E-state index is -0.215. The van der Waals surface area contributed by atoms with E-state index in [1.807, 2.05) is 13.0 Å². The molecule has 1 N–H and O–H groups in total. The number of alkyl halides is 1. The number of hydrogen-bond donors (Lipinski definition) is 1. The predicted molar refractivity (Wildman–Crippen MR) is 48.3 cm³/mol. The Labute approximate surface area is 75.8 Å². The van der Waals surface area contributed by atoms with Gasteiger partial charge in [-0.25, -0.2) is 0 Å². The van der Waals surface area contributed by atoms with Crippen LogP contribution in [0.2, 0.25) is 0 Å². The van der Waals surface area contributed by atoms with Crippen molar-refractivity contribution in [2.24, 2.45) is 0 Å². The van der Waals surface area contributed by atoms with E-state index in [1.54, 1.807) is 12.4 Å². The molecule has 1 amide bonds. The van der Waals surface area contributed by atoms with Gasteiger partial charge in [-0.1, -0.05) is 0 Å². The normalized spacial score (nSPS) is 9.50. The summed E-state index contributed by atoms with van der Waals surface area (Å²) < 4.78 is 0. The lowest BCUT2D eigenvalue weighted by atomic mass is 10.2. The summed E-state index contributed by atoms with van der Waals surface area (Å²) in [5, 5.41) is 2.63. The maximum absolute atomic E-state index is 10.9. The average Bonchev–Trinajstić information content (AvgIpc) is 2.09. The first kappa shape index (κ1) is 9.00. The van der Waals surface area contributed by atoms with Gasteiger partial charge < -0.3 is 5.32 Å². The Morgan fingerprint density at radius 1 is 1.75 bits per heavy atom. The maximum Gasteiger partial charge on any atom is 0.239 e. The van der Waals surface area contributed by atoms with Gasteiger partial charge in [0.05, 0.1) is 11.9 Å². The molecule has 0 radical (unpaired) electrons. The van der Waals surface area contributed by atoms with Crippen molar-refractivity contribution in [1.29, 1.82) is 0 Å². The standard InChI is InChI=1S/C8H9ClN2O/c1-6-2-3-10-5-7(6)11-8(12)4-9/h2-3,5H,4H2,1H3,(H,11,12). The molecule has 1 rings (SSSR count). The first-order valence-electron chi connectivity index (χ1n) is 3.50. The molecule has 12 heavy (non-hydrogen) atoms. The van der Waals surface area contributed by atoms with Crippen LogP contribution in [-0.2, 0) is 4.79 Å². The number of nitrogens with zero attached hydrogens (tertiary/aromatic N) is 1. The number of rotatable bonds is 2. The summed E-state index contributed by atoms with van der Waals surface area (Å²) in [6, 6.07) is 1.82. The molecule has 1 aromatic heterocycles. The molecular formula is C8H9ClN2O. The van der Waals surface area contributed by atoms with Crippen LogP contribution in [0.4, 0.5) is 5.69 Å². The van der Waals surface area contributed by atoms with Crippen LogP contribution in [0.1, 0.15) is 5.56 Å². The van der Waals surface area contributed by atoms with Gasteiger partial charge in [0.2, 0.25) is 5.91 Å². The summed E-state index contributed by atoms with van der Waals surface area (Å²) in [6.45, 7) is 1.89. The molecule has 0 saturated heterocycles. The number of halogens is 1. The molecule has 0 unspecified atom stereocenters. The van der Waals surface area contributed by atoms with Gasteiger partial charge in [0.25, 0.3) is 0 Å². The number of carbonyl (C=O) groups excluding carboxylic acids is 1. The van der Waals surface area contributed by atoms with E-state index in [2.05, 4.69) is 10.3 Å². The van der Waals surface area contributed by atoms with Gasteiger partial charge in [-0.15, -0.1) is 11.6 Å². The van der Waals surface area contributed by atoms with Gasteiger partial charge in [-0.05, 0) is 18.6 Å². The Morgan fingerprint density at radius 2 is 2.50 bits per heavy atom. The fourth-order valence-electron chi connectivity index (χ4n) is 0.778. The molecule has 0 spiro atoms. The van der Waals surface area contributed by atoms with E-state index >= 15 is 0 Å². The second-order valence-corrected chi connectivity index (χ2v) is 2.64. The zero-order valence-electron chi connectivity index (χ0n) is 6.67. The Balaban J connectivity index is 2.75. The molecule has 0 fully saturated rings. The van der Waals surface area contributed by atoms with E-state index in [9.17, 15) is 4.79 Å². The second-order valence-electron chi connectivity index (χ2n) is 2.37. The molecule has 4 heteroatoms. The minimum Gasteiger partial charge on any atom is -0.323 e. The van der Waals surface area contributed by atoms with Crippen LogP contribution in [0.3, 0.4) is 0 Å². The third kappa shape index (κ3) is 2.20. The van der Waals surface area contributed by atoms with Crippen molar-refractivity contribution in [1.82, 2.24) is 4.98 Å². The van der Waals surface area contributed by atoms with Gasteiger partial charge in [0, 0.05) is 6.20 Å². The van der Waals surface area contributed by atoms with Crippen molar-refractivity contribution in [3.05, 3.63) is 24.0 Å². The highest BCUT2D eigenvalue weighted by atomic mass is 35.5. The van der Waals surface area contributed by atoms with Crippen LogP contribution < -0.4 is 5.32 Å². The van der Waals surface area contributed by atoms with Crippen LogP contribution in [0.15, 0.2) is 18.5 Å². The molecule has 1 aromatic rings. The lowest BCUT2D eigenvalue weighted by molar-refractivity contribution is -0.113. The maximum atomic E-state index is 10.9. The molecule has 0 aromatic carbocycles. The molecule has 0 atom stereocenters. The van der Waals surface area contributed by atoms with E-state index in [4.69, 9.17) is 11.6 Å². The Hall–Kier alpha value is -1.09. The van der Waals surface area contributed by atoms with E-state index < -0.39 is 0 Å². The van der Waals surface area contributed by atoms with Gasteiger partial charge in [0.15, 0.2) is 0 Å². The topological polar surface area (TPSA) is 42.0 Å². The van der Waals surface area contributed by atoms with E-state index in [-0.39, 0.29) is 11.8 Å². The largest absolute Gasteiger partial charge is 0.323 e. The average molecular weight is 185 g/mol. The molecule has 0 aliphatic rings. The molecule has 3 nitrogen and oxygen atoms in total. The number of carbonyl (C=O) groups is 1. The fraction of sp³-hybridized carbons (Fsp3) is 0.250. The number of hydrogen-bond acceptors (Lipinski definition) is 2. The SMILES string of the molecule is Cc1ccncc1NC(=O)CCl. The molecule has 0 aliphatic heterocycles. The third-order valence-corrected chi connectivity index (χ3v) is 1.68. The van der Waals surface area contributed by atoms with Crippen LogP contribution in [-0.4, -0.2) is 16.8 Å². The number of aryl methyl sites for hydroxylation is 1. The van der Waals surface area contributed by atoms with Crippen LogP contribution in [0.5, 0.6) is 0 Å². The van der Waals surface area contributed by atoms with Crippen molar-refractivity contribution in [3.63, 3.8) is 0 Å². The van der Waals surface area contributed by atoms with E-state index in [1.165, 1.54) is 0 Å². The number of nitrogens with one attached hydrogen (secondary N) is 1. The zero-order valence-corrected chi connectivity index (χ0v) is 7.43. The summed E-state index contributed by atoms with van der Waals surface area (Å²) in [5.41, 5.74) is 1.69. The van der Waals surface area contributed by atoms with Crippen molar-refractivity contribution in [2.45, 2.75) is 6.92 Å². The smallest absolute Gasteiger partial charge is 0.239 e. The highest BCUT2D eigenvalue weighted by Gasteiger charge is 2.01. The van der Waals surface area contributed by atoms with E-state index in [0.29, 0.717) is 5.69 Å². The zero-order chi connectivity index (χ0) is 8.97.